The molecule has 0 aromatic heterocycles. The Bertz CT molecular complexity index is 1620. The van der Waals surface area contributed by atoms with Crippen LogP contribution in [0.15, 0.2) is 101 Å². The fourth-order valence-electron chi connectivity index (χ4n) is 6.15. The zero-order valence-corrected chi connectivity index (χ0v) is 27.7. The number of phenolic OH excluding ortho intramolecular Hbond substituents is 1. The van der Waals surface area contributed by atoms with Crippen molar-refractivity contribution in [1.29, 1.82) is 0 Å². The van der Waals surface area contributed by atoms with Crippen molar-refractivity contribution in [2.45, 2.75) is 76.7 Å². The van der Waals surface area contributed by atoms with Crippen LogP contribution in [0.3, 0.4) is 0 Å². The first-order valence-corrected chi connectivity index (χ1v) is 16.9. The second kappa shape index (κ2) is 17.2. The van der Waals surface area contributed by atoms with E-state index in [0.717, 1.165) is 53.8 Å². The van der Waals surface area contributed by atoms with Gasteiger partial charge in [-0.05, 0) is 72.1 Å². The van der Waals surface area contributed by atoms with Gasteiger partial charge >= 0.3 is 0 Å². The molecule has 2 heterocycles. The molecule has 2 aliphatic rings. The smallest absolute Gasteiger partial charge is 0.163 e. The standard InChI is InChI=1S/C39H48N4O5/c1-2-7-32(44)21-34(46)22-33(45)14-12-28-13-15-37(47)38(20-28)48-26-43-24-35-31(23-42-36(35)25-43)19-29-10-6-11-30(18-29)39(40)41-17-16-27-8-4-3-5-9-27/h3-6,8-11,13,15,18,20,23,25,32,34,39,41,44,46-47H,2,7,12,14,16-17,19,21-22,24,26,40H2,1H3. The molecule has 9 heteroatoms. The number of nitrogens with one attached hydrogen (secondary N) is 1. The second-order valence-corrected chi connectivity index (χ2v) is 12.8. The number of hydrogen-bond donors (Lipinski definition) is 5. The molecule has 48 heavy (non-hydrogen) atoms. The SMILES string of the molecule is CCCC(O)CC(O)CC(=O)CCc1ccc(O)c(OCN2C=C3N=CC(Cc4cccc(C(N)NCCc5ccccc5)c4)=C3C2)c1. The maximum absolute atomic E-state index is 12.4. The van der Waals surface area contributed by atoms with Crippen LogP contribution in [0.5, 0.6) is 11.5 Å². The number of rotatable bonds is 19. The Balaban J connectivity index is 1.10. The number of aliphatic hydroxyl groups excluding tert-OH is 2. The molecule has 3 atom stereocenters. The number of hydrogen-bond acceptors (Lipinski definition) is 9. The van der Waals surface area contributed by atoms with E-state index >= 15 is 0 Å². The minimum atomic E-state index is -0.840. The summed E-state index contributed by atoms with van der Waals surface area (Å²) in [6.45, 7) is 3.65. The fraction of sp³-hybridized carbons (Fsp3) is 0.385. The lowest BCUT2D eigenvalue weighted by atomic mass is 9.99. The molecule has 0 spiro atoms. The van der Waals surface area contributed by atoms with E-state index in [1.165, 1.54) is 11.1 Å². The van der Waals surface area contributed by atoms with Gasteiger partial charge in [0, 0.05) is 43.9 Å². The molecule has 2 aliphatic heterocycles. The third-order valence-corrected chi connectivity index (χ3v) is 8.78. The summed E-state index contributed by atoms with van der Waals surface area (Å²) >= 11 is 0. The zero-order chi connectivity index (χ0) is 33.9. The molecular formula is C39H48N4O5. The number of aliphatic hydroxyl groups is 2. The Morgan fingerprint density at radius 2 is 1.81 bits per heavy atom. The first-order valence-electron chi connectivity index (χ1n) is 16.9. The first-order chi connectivity index (χ1) is 23.3. The van der Waals surface area contributed by atoms with Crippen LogP contribution in [-0.4, -0.2) is 64.2 Å². The van der Waals surface area contributed by atoms with Crippen molar-refractivity contribution in [3.8, 4) is 11.5 Å². The summed E-state index contributed by atoms with van der Waals surface area (Å²) in [5.41, 5.74) is 14.1. The first kappa shape index (κ1) is 35.0. The molecular weight excluding hydrogens is 604 g/mol. The normalized spacial score (nSPS) is 15.8. The van der Waals surface area contributed by atoms with Crippen molar-refractivity contribution in [3.63, 3.8) is 0 Å². The van der Waals surface area contributed by atoms with E-state index < -0.39 is 12.2 Å². The number of ether oxygens (including phenoxy) is 1. The van der Waals surface area contributed by atoms with Crippen molar-refractivity contribution >= 4 is 12.0 Å². The van der Waals surface area contributed by atoms with Crippen LogP contribution in [0.2, 0.25) is 0 Å². The molecule has 6 N–H and O–H groups in total. The summed E-state index contributed by atoms with van der Waals surface area (Å²) in [6, 6.07) is 23.8. The van der Waals surface area contributed by atoms with E-state index in [0.29, 0.717) is 25.1 Å². The van der Waals surface area contributed by atoms with E-state index in [1.54, 1.807) is 18.2 Å². The van der Waals surface area contributed by atoms with E-state index in [9.17, 15) is 20.1 Å². The van der Waals surface area contributed by atoms with Crippen molar-refractivity contribution in [3.05, 3.63) is 118 Å². The number of aryl methyl sites for hydroxylation is 1. The Kier molecular flexibility index (Phi) is 12.6. The average molecular weight is 653 g/mol. The van der Waals surface area contributed by atoms with Gasteiger partial charge in [-0.15, -0.1) is 0 Å². The van der Waals surface area contributed by atoms with Crippen molar-refractivity contribution in [2.24, 2.45) is 10.7 Å². The zero-order valence-electron chi connectivity index (χ0n) is 27.7. The predicted octanol–water partition coefficient (Wildman–Crippen LogP) is 5.10. The Morgan fingerprint density at radius 1 is 1.00 bits per heavy atom. The second-order valence-electron chi connectivity index (χ2n) is 12.8. The maximum atomic E-state index is 12.4. The molecule has 0 saturated heterocycles. The topological polar surface area (TPSA) is 141 Å². The highest BCUT2D eigenvalue weighted by Crippen LogP contribution is 2.32. The molecule has 0 fully saturated rings. The maximum Gasteiger partial charge on any atom is 0.163 e. The van der Waals surface area contributed by atoms with Crippen LogP contribution < -0.4 is 15.8 Å². The van der Waals surface area contributed by atoms with Crippen molar-refractivity contribution in [1.82, 2.24) is 10.2 Å². The van der Waals surface area contributed by atoms with Gasteiger partial charge in [0.2, 0.25) is 0 Å². The number of nitrogens with two attached hydrogens (primary N) is 1. The van der Waals surface area contributed by atoms with Crippen LogP contribution >= 0.6 is 0 Å². The lowest BCUT2D eigenvalue weighted by Crippen LogP contribution is -2.30. The Morgan fingerprint density at radius 3 is 2.62 bits per heavy atom. The molecule has 0 saturated carbocycles. The molecule has 3 unspecified atom stereocenters. The molecule has 0 amide bonds. The van der Waals surface area contributed by atoms with E-state index in [4.69, 9.17) is 10.5 Å². The van der Waals surface area contributed by atoms with Gasteiger partial charge in [0.25, 0.3) is 0 Å². The number of allylic oxidation sites excluding steroid dienone is 1. The third kappa shape index (κ3) is 10.1. The molecule has 3 aromatic rings. The summed E-state index contributed by atoms with van der Waals surface area (Å²) in [4.78, 5) is 19.1. The van der Waals surface area contributed by atoms with E-state index in [2.05, 4.69) is 52.8 Å². The quantitative estimate of drug-likeness (QED) is 0.113. The molecule has 0 bridgehead atoms. The Labute approximate surface area is 283 Å². The largest absolute Gasteiger partial charge is 0.504 e. The third-order valence-electron chi connectivity index (χ3n) is 8.78. The molecule has 9 nitrogen and oxygen atoms in total. The van der Waals surface area contributed by atoms with Gasteiger partial charge in [-0.2, -0.15) is 0 Å². The minimum Gasteiger partial charge on any atom is -0.504 e. The van der Waals surface area contributed by atoms with Crippen LogP contribution in [0.4, 0.5) is 0 Å². The number of Topliss-reactive ketones (excluding diaryl/α,β-unsaturated/α-hetero) is 1. The lowest BCUT2D eigenvalue weighted by molar-refractivity contribution is -0.121. The number of ketones is 1. The van der Waals surface area contributed by atoms with Gasteiger partial charge in [0.1, 0.15) is 5.78 Å². The van der Waals surface area contributed by atoms with Gasteiger partial charge in [0.15, 0.2) is 18.2 Å². The van der Waals surface area contributed by atoms with Crippen LogP contribution in [0.1, 0.15) is 67.4 Å². The van der Waals surface area contributed by atoms with E-state index in [1.807, 2.05) is 36.4 Å². The highest BCUT2D eigenvalue weighted by molar-refractivity contribution is 5.87. The van der Waals surface area contributed by atoms with Gasteiger partial charge < -0.3 is 30.7 Å². The van der Waals surface area contributed by atoms with Crippen molar-refractivity contribution in [2.75, 3.05) is 19.8 Å². The highest BCUT2D eigenvalue weighted by Gasteiger charge is 2.25. The summed E-state index contributed by atoms with van der Waals surface area (Å²) in [7, 11) is 0. The number of carbonyl (C=O) groups excluding carboxylic acids is 1. The number of nitrogens with zero attached hydrogens (tertiary/aromatic N) is 2. The van der Waals surface area contributed by atoms with E-state index in [-0.39, 0.29) is 43.7 Å². The lowest BCUT2D eigenvalue weighted by Gasteiger charge is -2.18. The van der Waals surface area contributed by atoms with Gasteiger partial charge in [-0.1, -0.05) is 74.0 Å². The number of carbonyl (C=O) groups is 1. The summed E-state index contributed by atoms with van der Waals surface area (Å²) < 4.78 is 6.00. The van der Waals surface area contributed by atoms with Crippen molar-refractivity contribution < 1.29 is 24.9 Å². The molecule has 254 valence electrons. The highest BCUT2D eigenvalue weighted by atomic mass is 16.5. The molecule has 0 aliphatic carbocycles. The molecule has 0 radical (unpaired) electrons. The number of benzene rings is 3. The number of aliphatic imine (C=N–C) groups is 1. The van der Waals surface area contributed by atoms with Gasteiger partial charge in [0.05, 0.1) is 24.1 Å². The number of fused-ring (bicyclic) bond motifs is 1. The number of aromatic hydroxyl groups is 1. The fourth-order valence-corrected chi connectivity index (χ4v) is 6.15. The Hall–Kier alpha value is -4.28. The summed E-state index contributed by atoms with van der Waals surface area (Å²) in [5.74, 6) is 0.316. The number of phenols is 1. The molecule has 5 rings (SSSR count). The van der Waals surface area contributed by atoms with Crippen LogP contribution in [-0.2, 0) is 24.1 Å². The minimum absolute atomic E-state index is 0.0253. The monoisotopic (exact) mass is 652 g/mol. The molecule has 3 aromatic carbocycles. The average Bonchev–Trinajstić information content (AvgIpc) is 3.65. The summed E-state index contributed by atoms with van der Waals surface area (Å²) in [5, 5.41) is 33.9. The summed E-state index contributed by atoms with van der Waals surface area (Å²) in [6.07, 6.45) is 6.30. The predicted molar refractivity (Wildman–Crippen MR) is 189 cm³/mol. The van der Waals surface area contributed by atoms with Crippen LogP contribution in [0.25, 0.3) is 0 Å². The van der Waals surface area contributed by atoms with Gasteiger partial charge in [-0.3, -0.25) is 15.1 Å². The van der Waals surface area contributed by atoms with Crippen LogP contribution in [0, 0.1) is 0 Å². The van der Waals surface area contributed by atoms with Gasteiger partial charge in [-0.25, -0.2) is 0 Å².